The molecule has 0 spiro atoms. The first-order chi connectivity index (χ1) is 14.0. The number of halogens is 2. The van der Waals surface area contributed by atoms with Crippen molar-refractivity contribution in [1.82, 2.24) is 0 Å². The van der Waals surface area contributed by atoms with Crippen LogP contribution in [0.2, 0.25) is 5.02 Å². The molecule has 0 aliphatic carbocycles. The number of anilines is 2. The lowest BCUT2D eigenvalue weighted by molar-refractivity contribution is -0.120. The second-order valence-electron chi connectivity index (χ2n) is 6.65. The van der Waals surface area contributed by atoms with Crippen molar-refractivity contribution < 1.29 is 14.0 Å². The Kier molecular flexibility index (Phi) is 4.91. The first-order valence-electron chi connectivity index (χ1n) is 8.93. The van der Waals surface area contributed by atoms with E-state index in [9.17, 15) is 14.0 Å². The quantitative estimate of drug-likeness (QED) is 0.607. The number of carbonyl (C=O) groups is 2. The summed E-state index contributed by atoms with van der Waals surface area (Å²) in [6, 6.07) is 19.5. The second-order valence-corrected chi connectivity index (χ2v) is 7.06. The van der Waals surface area contributed by atoms with E-state index < -0.39 is 17.6 Å². The minimum absolute atomic E-state index is 0.118. The third-order valence-corrected chi connectivity index (χ3v) is 4.92. The van der Waals surface area contributed by atoms with Gasteiger partial charge < -0.3 is 5.32 Å². The highest BCUT2D eigenvalue weighted by atomic mass is 35.5. The Balaban J connectivity index is 1.85. The largest absolute Gasteiger partial charge is 0.350 e. The van der Waals surface area contributed by atoms with Crippen LogP contribution in [0.4, 0.5) is 15.8 Å². The van der Waals surface area contributed by atoms with Crippen LogP contribution in [0.3, 0.4) is 0 Å². The van der Waals surface area contributed by atoms with Crippen molar-refractivity contribution in [2.24, 2.45) is 0 Å². The zero-order valence-corrected chi connectivity index (χ0v) is 16.2. The standard InChI is InChI=1S/C23H16ClFN2O2/c1-14-5-4-6-17(13-14)26-21-20(15-9-11-16(25)12-10-15)22(28)27(23(21)29)19-8-3-2-7-18(19)24/h2-13,26H,1H3. The summed E-state index contributed by atoms with van der Waals surface area (Å²) >= 11 is 6.24. The maximum atomic E-state index is 13.4. The van der Waals surface area contributed by atoms with E-state index >= 15 is 0 Å². The van der Waals surface area contributed by atoms with Crippen molar-refractivity contribution in [2.75, 3.05) is 10.2 Å². The summed E-state index contributed by atoms with van der Waals surface area (Å²) in [5.41, 5.74) is 2.68. The van der Waals surface area contributed by atoms with Gasteiger partial charge in [0, 0.05) is 5.69 Å². The molecule has 3 aromatic carbocycles. The molecular weight excluding hydrogens is 391 g/mol. The van der Waals surface area contributed by atoms with E-state index in [-0.39, 0.29) is 16.3 Å². The molecule has 144 valence electrons. The summed E-state index contributed by atoms with van der Waals surface area (Å²) < 4.78 is 13.4. The molecule has 0 atom stereocenters. The monoisotopic (exact) mass is 406 g/mol. The van der Waals surface area contributed by atoms with Gasteiger partial charge in [0.15, 0.2) is 0 Å². The van der Waals surface area contributed by atoms with E-state index in [1.807, 2.05) is 25.1 Å². The van der Waals surface area contributed by atoms with Gasteiger partial charge in [-0.15, -0.1) is 0 Å². The minimum Gasteiger partial charge on any atom is -0.350 e. The smallest absolute Gasteiger partial charge is 0.282 e. The molecular formula is C23H16ClFN2O2. The zero-order chi connectivity index (χ0) is 20.5. The lowest BCUT2D eigenvalue weighted by Gasteiger charge is -2.16. The number of imide groups is 1. The molecule has 0 aromatic heterocycles. The molecule has 0 radical (unpaired) electrons. The Morgan fingerprint density at radius 1 is 0.897 bits per heavy atom. The van der Waals surface area contributed by atoms with Crippen LogP contribution in [-0.2, 0) is 9.59 Å². The van der Waals surface area contributed by atoms with Crippen molar-refractivity contribution in [1.29, 1.82) is 0 Å². The molecule has 1 aliphatic rings. The first-order valence-corrected chi connectivity index (χ1v) is 9.31. The number of carbonyl (C=O) groups excluding carboxylic acids is 2. The number of aryl methyl sites for hydroxylation is 1. The molecule has 2 amide bonds. The van der Waals surface area contributed by atoms with Crippen LogP contribution in [-0.4, -0.2) is 11.8 Å². The lowest BCUT2D eigenvalue weighted by Crippen LogP contribution is -2.32. The number of benzene rings is 3. The van der Waals surface area contributed by atoms with Crippen LogP contribution in [0.1, 0.15) is 11.1 Å². The Hall–Kier alpha value is -3.44. The third kappa shape index (κ3) is 3.52. The molecule has 29 heavy (non-hydrogen) atoms. The Labute approximate surface area is 172 Å². The van der Waals surface area contributed by atoms with E-state index in [1.54, 1.807) is 30.3 Å². The first kappa shape index (κ1) is 18.9. The molecule has 0 saturated carbocycles. The normalized spacial score (nSPS) is 14.0. The molecule has 6 heteroatoms. The number of hydrogen-bond donors (Lipinski definition) is 1. The molecule has 3 aromatic rings. The number of hydrogen-bond acceptors (Lipinski definition) is 3. The molecule has 1 aliphatic heterocycles. The van der Waals surface area contributed by atoms with Crippen LogP contribution >= 0.6 is 11.6 Å². The number of nitrogens with one attached hydrogen (secondary N) is 1. The Morgan fingerprint density at radius 2 is 1.62 bits per heavy atom. The minimum atomic E-state index is -0.524. The molecule has 0 fully saturated rings. The van der Waals surface area contributed by atoms with Gasteiger partial charge in [-0.05, 0) is 54.4 Å². The van der Waals surface area contributed by atoms with E-state index in [0.29, 0.717) is 16.9 Å². The average Bonchev–Trinajstić information content (AvgIpc) is 2.93. The van der Waals surface area contributed by atoms with Gasteiger partial charge in [0.2, 0.25) is 0 Å². The average molecular weight is 407 g/mol. The van der Waals surface area contributed by atoms with Gasteiger partial charge in [-0.1, -0.05) is 48.0 Å². The number of nitrogens with zero attached hydrogens (tertiary/aromatic N) is 1. The predicted molar refractivity (Wildman–Crippen MR) is 112 cm³/mol. The molecule has 1 heterocycles. The SMILES string of the molecule is Cc1cccc(NC2=C(c3ccc(F)cc3)C(=O)N(c3ccccc3Cl)C2=O)c1. The summed E-state index contributed by atoms with van der Waals surface area (Å²) in [6.07, 6.45) is 0. The number of rotatable bonds is 4. The van der Waals surface area contributed by atoms with E-state index in [4.69, 9.17) is 11.6 Å². The summed E-state index contributed by atoms with van der Waals surface area (Å²) in [7, 11) is 0. The van der Waals surface area contributed by atoms with Crippen molar-refractivity contribution >= 4 is 40.4 Å². The van der Waals surface area contributed by atoms with Crippen LogP contribution < -0.4 is 10.2 Å². The number of para-hydroxylation sites is 1. The Morgan fingerprint density at radius 3 is 2.31 bits per heavy atom. The van der Waals surface area contributed by atoms with Gasteiger partial charge in [-0.3, -0.25) is 9.59 Å². The predicted octanol–water partition coefficient (Wildman–Crippen LogP) is 5.18. The van der Waals surface area contributed by atoms with Crippen molar-refractivity contribution in [3.63, 3.8) is 0 Å². The summed E-state index contributed by atoms with van der Waals surface area (Å²) in [4.78, 5) is 27.6. The van der Waals surface area contributed by atoms with Crippen LogP contribution in [0.25, 0.3) is 5.57 Å². The van der Waals surface area contributed by atoms with Crippen LogP contribution in [0.5, 0.6) is 0 Å². The highest BCUT2D eigenvalue weighted by Gasteiger charge is 2.41. The van der Waals surface area contributed by atoms with Gasteiger partial charge >= 0.3 is 0 Å². The molecule has 0 unspecified atom stereocenters. The highest BCUT2D eigenvalue weighted by Crippen LogP contribution is 2.36. The fourth-order valence-electron chi connectivity index (χ4n) is 3.25. The van der Waals surface area contributed by atoms with Gasteiger partial charge in [0.1, 0.15) is 11.5 Å². The highest BCUT2D eigenvalue weighted by molar-refractivity contribution is 6.48. The van der Waals surface area contributed by atoms with E-state index in [2.05, 4.69) is 5.32 Å². The molecule has 4 nitrogen and oxygen atoms in total. The van der Waals surface area contributed by atoms with Crippen molar-refractivity contribution in [3.8, 4) is 0 Å². The molecule has 4 rings (SSSR count). The third-order valence-electron chi connectivity index (χ3n) is 4.60. The maximum absolute atomic E-state index is 13.4. The van der Waals surface area contributed by atoms with Gasteiger partial charge in [-0.2, -0.15) is 0 Å². The van der Waals surface area contributed by atoms with Gasteiger partial charge in [0.05, 0.1) is 16.3 Å². The maximum Gasteiger partial charge on any atom is 0.282 e. The zero-order valence-electron chi connectivity index (χ0n) is 15.4. The summed E-state index contributed by atoms with van der Waals surface area (Å²) in [6.45, 7) is 1.93. The lowest BCUT2D eigenvalue weighted by atomic mass is 10.0. The van der Waals surface area contributed by atoms with Crippen molar-refractivity contribution in [2.45, 2.75) is 6.92 Å². The Bertz CT molecular complexity index is 1160. The second kappa shape index (κ2) is 7.53. The van der Waals surface area contributed by atoms with Gasteiger partial charge in [-0.25, -0.2) is 9.29 Å². The summed E-state index contributed by atoms with van der Waals surface area (Å²) in [5.74, 6) is -1.48. The molecule has 0 bridgehead atoms. The number of amides is 2. The van der Waals surface area contributed by atoms with Crippen LogP contribution in [0, 0.1) is 12.7 Å². The van der Waals surface area contributed by atoms with E-state index in [1.165, 1.54) is 24.3 Å². The fraction of sp³-hybridized carbons (Fsp3) is 0.0435. The molecule has 1 N–H and O–H groups in total. The molecule has 0 saturated heterocycles. The van der Waals surface area contributed by atoms with E-state index in [0.717, 1.165) is 10.5 Å². The van der Waals surface area contributed by atoms with Crippen LogP contribution in [0.15, 0.2) is 78.5 Å². The van der Waals surface area contributed by atoms with Gasteiger partial charge in [0.25, 0.3) is 11.8 Å². The van der Waals surface area contributed by atoms with Crippen molar-refractivity contribution in [3.05, 3.63) is 100 Å². The fourth-order valence-corrected chi connectivity index (χ4v) is 3.47. The topological polar surface area (TPSA) is 49.4 Å². The summed E-state index contributed by atoms with van der Waals surface area (Å²) in [5, 5.41) is 3.36.